The molecule has 1 aliphatic heterocycles. The van der Waals surface area contributed by atoms with Crippen LogP contribution in [0.2, 0.25) is 0 Å². The van der Waals surface area contributed by atoms with Crippen LogP contribution in [0.15, 0.2) is 65.1 Å². The van der Waals surface area contributed by atoms with Crippen molar-refractivity contribution in [1.29, 1.82) is 0 Å². The van der Waals surface area contributed by atoms with Gasteiger partial charge in [-0.25, -0.2) is 0 Å². The molecule has 0 aliphatic carbocycles. The molecule has 2 heteroatoms. The molecule has 24 heavy (non-hydrogen) atoms. The highest BCUT2D eigenvalue weighted by molar-refractivity contribution is 6.06. The van der Waals surface area contributed by atoms with E-state index in [1.54, 1.807) is 0 Å². The predicted molar refractivity (Wildman–Crippen MR) is 100 cm³/mol. The molecule has 2 nitrogen and oxygen atoms in total. The SMILES string of the molecule is Cc1ccc2oc3ccc(N4CC(C)c5ccccc54)cc3c2c1. The summed E-state index contributed by atoms with van der Waals surface area (Å²) in [6, 6.07) is 21.7. The summed E-state index contributed by atoms with van der Waals surface area (Å²) >= 11 is 0. The Kier molecular flexibility index (Phi) is 2.78. The summed E-state index contributed by atoms with van der Waals surface area (Å²) in [5.74, 6) is 0.556. The zero-order chi connectivity index (χ0) is 16.3. The maximum absolute atomic E-state index is 6.00. The molecular formula is C22H19NO. The van der Waals surface area contributed by atoms with Gasteiger partial charge < -0.3 is 9.32 Å². The Labute approximate surface area is 141 Å². The highest BCUT2D eigenvalue weighted by Crippen LogP contribution is 2.42. The van der Waals surface area contributed by atoms with Crippen LogP contribution in [0.5, 0.6) is 0 Å². The minimum Gasteiger partial charge on any atom is -0.456 e. The van der Waals surface area contributed by atoms with Crippen LogP contribution >= 0.6 is 0 Å². The van der Waals surface area contributed by atoms with Crippen molar-refractivity contribution >= 4 is 33.3 Å². The zero-order valence-electron chi connectivity index (χ0n) is 13.9. The second-order valence-electron chi connectivity index (χ2n) is 6.85. The molecule has 0 fully saturated rings. The van der Waals surface area contributed by atoms with Crippen molar-refractivity contribution in [2.24, 2.45) is 0 Å². The van der Waals surface area contributed by atoms with E-state index < -0.39 is 0 Å². The lowest BCUT2D eigenvalue weighted by Crippen LogP contribution is -2.14. The molecular weight excluding hydrogens is 294 g/mol. The first-order valence-corrected chi connectivity index (χ1v) is 8.50. The fourth-order valence-corrected chi connectivity index (χ4v) is 3.91. The van der Waals surface area contributed by atoms with Crippen molar-refractivity contribution in [3.8, 4) is 0 Å². The van der Waals surface area contributed by atoms with E-state index in [9.17, 15) is 0 Å². The molecule has 5 rings (SSSR count). The van der Waals surface area contributed by atoms with E-state index in [-0.39, 0.29) is 0 Å². The number of hydrogen-bond donors (Lipinski definition) is 0. The van der Waals surface area contributed by atoms with E-state index >= 15 is 0 Å². The minimum absolute atomic E-state index is 0.556. The topological polar surface area (TPSA) is 16.4 Å². The van der Waals surface area contributed by atoms with Crippen molar-refractivity contribution in [1.82, 2.24) is 0 Å². The monoisotopic (exact) mass is 313 g/mol. The number of benzene rings is 3. The van der Waals surface area contributed by atoms with E-state index in [0.29, 0.717) is 5.92 Å². The van der Waals surface area contributed by atoms with Gasteiger partial charge in [0.05, 0.1) is 0 Å². The molecule has 118 valence electrons. The quantitative estimate of drug-likeness (QED) is 0.419. The summed E-state index contributed by atoms with van der Waals surface area (Å²) < 4.78 is 6.00. The molecule has 4 aromatic rings. The number of nitrogens with zero attached hydrogens (tertiary/aromatic N) is 1. The van der Waals surface area contributed by atoms with Gasteiger partial charge in [-0.1, -0.05) is 36.8 Å². The lowest BCUT2D eigenvalue weighted by molar-refractivity contribution is 0.669. The predicted octanol–water partition coefficient (Wildman–Crippen LogP) is 6.15. The van der Waals surface area contributed by atoms with E-state index in [1.165, 1.54) is 33.3 Å². The van der Waals surface area contributed by atoms with Gasteiger partial charge in [0.15, 0.2) is 0 Å². The molecule has 0 bridgehead atoms. The molecule has 1 atom stereocenters. The normalized spacial score (nSPS) is 16.9. The summed E-state index contributed by atoms with van der Waals surface area (Å²) in [5.41, 5.74) is 7.18. The molecule has 2 heterocycles. The van der Waals surface area contributed by atoms with Gasteiger partial charge in [-0.3, -0.25) is 0 Å². The Morgan fingerprint density at radius 3 is 2.54 bits per heavy atom. The van der Waals surface area contributed by atoms with Crippen molar-refractivity contribution in [3.05, 3.63) is 71.8 Å². The molecule has 0 saturated heterocycles. The third-order valence-electron chi connectivity index (χ3n) is 5.13. The van der Waals surface area contributed by atoms with Gasteiger partial charge in [-0.05, 0) is 48.9 Å². The maximum atomic E-state index is 6.00. The molecule has 0 amide bonds. The van der Waals surface area contributed by atoms with E-state index in [0.717, 1.165) is 17.7 Å². The highest BCUT2D eigenvalue weighted by atomic mass is 16.3. The summed E-state index contributed by atoms with van der Waals surface area (Å²) in [7, 11) is 0. The Hall–Kier alpha value is -2.74. The molecule has 1 aromatic heterocycles. The second-order valence-corrected chi connectivity index (χ2v) is 6.85. The first-order chi connectivity index (χ1) is 11.7. The van der Waals surface area contributed by atoms with Crippen LogP contribution in [0, 0.1) is 6.92 Å². The fraction of sp³-hybridized carbons (Fsp3) is 0.182. The summed E-state index contributed by atoms with van der Waals surface area (Å²) in [6.07, 6.45) is 0. The summed E-state index contributed by atoms with van der Waals surface area (Å²) in [4.78, 5) is 2.42. The Morgan fingerprint density at radius 2 is 1.67 bits per heavy atom. The third kappa shape index (κ3) is 1.89. The minimum atomic E-state index is 0.556. The average molecular weight is 313 g/mol. The van der Waals surface area contributed by atoms with Crippen LogP contribution in [0.3, 0.4) is 0 Å². The van der Waals surface area contributed by atoms with Gasteiger partial charge in [0.1, 0.15) is 11.2 Å². The van der Waals surface area contributed by atoms with Gasteiger partial charge in [-0.15, -0.1) is 0 Å². The number of rotatable bonds is 1. The van der Waals surface area contributed by atoms with Gasteiger partial charge >= 0.3 is 0 Å². The second kappa shape index (κ2) is 4.88. The van der Waals surface area contributed by atoms with Crippen LogP contribution in [-0.2, 0) is 0 Å². The summed E-state index contributed by atoms with van der Waals surface area (Å²) in [5, 5.41) is 2.40. The van der Waals surface area contributed by atoms with E-state index in [1.807, 2.05) is 0 Å². The van der Waals surface area contributed by atoms with Crippen molar-refractivity contribution < 1.29 is 4.42 Å². The molecule has 0 spiro atoms. The fourth-order valence-electron chi connectivity index (χ4n) is 3.91. The number of anilines is 2. The van der Waals surface area contributed by atoms with Crippen LogP contribution in [0.4, 0.5) is 11.4 Å². The van der Waals surface area contributed by atoms with Crippen LogP contribution in [0.25, 0.3) is 21.9 Å². The smallest absolute Gasteiger partial charge is 0.135 e. The Bertz CT molecular complexity index is 1080. The van der Waals surface area contributed by atoms with Gasteiger partial charge in [0.25, 0.3) is 0 Å². The number of fused-ring (bicyclic) bond motifs is 4. The zero-order valence-corrected chi connectivity index (χ0v) is 13.9. The standard InChI is InChI=1S/C22H19NO/c1-14-7-9-21-18(11-14)19-12-16(8-10-22(19)24-21)23-13-15(2)17-5-3-4-6-20(17)23/h3-12,15H,13H2,1-2H3. The Morgan fingerprint density at radius 1 is 0.917 bits per heavy atom. The lowest BCUT2D eigenvalue weighted by atomic mass is 10.0. The van der Waals surface area contributed by atoms with Gasteiger partial charge in [0, 0.05) is 34.6 Å². The van der Waals surface area contributed by atoms with Crippen LogP contribution in [0.1, 0.15) is 24.0 Å². The molecule has 1 aliphatic rings. The lowest BCUT2D eigenvalue weighted by Gasteiger charge is -2.20. The van der Waals surface area contributed by atoms with Crippen molar-refractivity contribution in [2.75, 3.05) is 11.4 Å². The average Bonchev–Trinajstić information content (AvgIpc) is 3.13. The van der Waals surface area contributed by atoms with E-state index in [2.05, 4.69) is 79.4 Å². The third-order valence-corrected chi connectivity index (χ3v) is 5.13. The first-order valence-electron chi connectivity index (χ1n) is 8.50. The number of para-hydroxylation sites is 1. The molecule has 3 aromatic carbocycles. The summed E-state index contributed by atoms with van der Waals surface area (Å²) in [6.45, 7) is 5.45. The maximum Gasteiger partial charge on any atom is 0.135 e. The molecule has 0 radical (unpaired) electrons. The van der Waals surface area contributed by atoms with Crippen LogP contribution < -0.4 is 4.90 Å². The number of aryl methyl sites for hydroxylation is 1. The molecule has 0 saturated carbocycles. The number of hydrogen-bond acceptors (Lipinski definition) is 2. The highest BCUT2D eigenvalue weighted by Gasteiger charge is 2.26. The van der Waals surface area contributed by atoms with E-state index in [4.69, 9.17) is 4.42 Å². The van der Waals surface area contributed by atoms with Gasteiger partial charge in [-0.2, -0.15) is 0 Å². The largest absolute Gasteiger partial charge is 0.456 e. The molecule has 0 N–H and O–H groups in total. The Balaban J connectivity index is 1.71. The van der Waals surface area contributed by atoms with Gasteiger partial charge in [0.2, 0.25) is 0 Å². The van der Waals surface area contributed by atoms with Crippen LogP contribution in [-0.4, -0.2) is 6.54 Å². The number of furan rings is 1. The first kappa shape index (κ1) is 13.7. The van der Waals surface area contributed by atoms with Crippen molar-refractivity contribution in [3.63, 3.8) is 0 Å². The molecule has 1 unspecified atom stereocenters. The van der Waals surface area contributed by atoms with Crippen molar-refractivity contribution in [2.45, 2.75) is 19.8 Å².